The number of halogens is 2. The molecule has 3 nitrogen and oxygen atoms in total. The largest absolute Gasteiger partial charge is 0.349 e. The summed E-state index contributed by atoms with van der Waals surface area (Å²) in [6, 6.07) is 5.77. The Morgan fingerprint density at radius 1 is 1.26 bits per heavy atom. The zero-order valence-corrected chi connectivity index (χ0v) is 11.6. The number of hydrogen-bond acceptors (Lipinski definition) is 2. The van der Waals surface area contributed by atoms with E-state index in [-0.39, 0.29) is 30.2 Å². The third-order valence-electron chi connectivity index (χ3n) is 3.63. The minimum Gasteiger partial charge on any atom is -0.349 e. The molecule has 2 atom stereocenters. The van der Waals surface area contributed by atoms with Crippen molar-refractivity contribution in [1.82, 2.24) is 5.32 Å². The van der Waals surface area contributed by atoms with Gasteiger partial charge in [-0.05, 0) is 49.6 Å². The third kappa shape index (κ3) is 4.18. The number of benzene rings is 1. The van der Waals surface area contributed by atoms with Gasteiger partial charge in [0.25, 0.3) is 5.91 Å². The molecule has 1 amide bonds. The minimum absolute atomic E-state index is 0. The Bertz CT molecular complexity index is 410. The van der Waals surface area contributed by atoms with Gasteiger partial charge >= 0.3 is 0 Å². The fourth-order valence-corrected chi connectivity index (χ4v) is 2.53. The van der Waals surface area contributed by atoms with E-state index >= 15 is 0 Å². The van der Waals surface area contributed by atoms with Gasteiger partial charge in [-0.1, -0.05) is 12.8 Å². The van der Waals surface area contributed by atoms with Gasteiger partial charge in [-0.15, -0.1) is 12.4 Å². The van der Waals surface area contributed by atoms with Gasteiger partial charge in [0.2, 0.25) is 0 Å². The van der Waals surface area contributed by atoms with E-state index in [1.807, 2.05) is 0 Å². The second kappa shape index (κ2) is 7.46. The molecule has 1 fully saturated rings. The SMILES string of the molecule is Cl.NCC1CCCCC1NC(=O)c1ccc(F)cc1. The van der Waals surface area contributed by atoms with Crippen LogP contribution in [0.1, 0.15) is 36.0 Å². The number of nitrogens with one attached hydrogen (secondary N) is 1. The fraction of sp³-hybridized carbons (Fsp3) is 0.500. The van der Waals surface area contributed by atoms with Crippen LogP contribution < -0.4 is 11.1 Å². The topological polar surface area (TPSA) is 55.1 Å². The van der Waals surface area contributed by atoms with Gasteiger partial charge in [0, 0.05) is 11.6 Å². The smallest absolute Gasteiger partial charge is 0.251 e. The summed E-state index contributed by atoms with van der Waals surface area (Å²) in [7, 11) is 0. The van der Waals surface area contributed by atoms with Crippen molar-refractivity contribution >= 4 is 18.3 Å². The van der Waals surface area contributed by atoms with E-state index < -0.39 is 0 Å². The van der Waals surface area contributed by atoms with Gasteiger partial charge in [-0.25, -0.2) is 4.39 Å². The maximum Gasteiger partial charge on any atom is 0.251 e. The summed E-state index contributed by atoms with van der Waals surface area (Å²) in [6.45, 7) is 0.606. The second-order valence-electron chi connectivity index (χ2n) is 4.87. The van der Waals surface area contributed by atoms with Crippen LogP contribution in [0.5, 0.6) is 0 Å². The van der Waals surface area contributed by atoms with Gasteiger partial charge in [-0.2, -0.15) is 0 Å². The number of amides is 1. The standard InChI is InChI=1S/C14H19FN2O.ClH/c15-12-7-5-10(6-8-12)14(18)17-13-4-2-1-3-11(13)9-16;/h5-8,11,13H,1-4,9,16H2,(H,17,18);1H. The molecule has 3 N–H and O–H groups in total. The fourth-order valence-electron chi connectivity index (χ4n) is 2.53. The van der Waals surface area contributed by atoms with Crippen LogP contribution in [0.3, 0.4) is 0 Å². The van der Waals surface area contributed by atoms with Crippen molar-refractivity contribution < 1.29 is 9.18 Å². The number of rotatable bonds is 3. The Morgan fingerprint density at radius 2 is 1.89 bits per heavy atom. The van der Waals surface area contributed by atoms with Crippen LogP contribution in [0.15, 0.2) is 24.3 Å². The predicted octanol–water partition coefficient (Wildman–Crippen LogP) is 2.49. The molecule has 0 aromatic heterocycles. The summed E-state index contributed by atoms with van der Waals surface area (Å²) in [6.07, 6.45) is 4.37. The molecule has 0 bridgehead atoms. The van der Waals surface area contributed by atoms with Crippen LogP contribution in [0.4, 0.5) is 4.39 Å². The van der Waals surface area contributed by atoms with Gasteiger partial charge in [-0.3, -0.25) is 4.79 Å². The highest BCUT2D eigenvalue weighted by molar-refractivity contribution is 5.94. The predicted molar refractivity (Wildman–Crippen MR) is 75.9 cm³/mol. The Labute approximate surface area is 119 Å². The molecule has 106 valence electrons. The molecule has 1 aromatic rings. The third-order valence-corrected chi connectivity index (χ3v) is 3.63. The molecular weight excluding hydrogens is 267 g/mol. The molecule has 2 unspecified atom stereocenters. The van der Waals surface area contributed by atoms with E-state index in [0.717, 1.165) is 19.3 Å². The summed E-state index contributed by atoms with van der Waals surface area (Å²) in [5.74, 6) is -0.104. The molecule has 0 saturated heterocycles. The van der Waals surface area contributed by atoms with Gasteiger partial charge < -0.3 is 11.1 Å². The van der Waals surface area contributed by atoms with Crippen molar-refractivity contribution in [2.75, 3.05) is 6.54 Å². The minimum atomic E-state index is -0.330. The van der Waals surface area contributed by atoms with E-state index in [9.17, 15) is 9.18 Å². The van der Waals surface area contributed by atoms with Crippen molar-refractivity contribution in [3.8, 4) is 0 Å². The monoisotopic (exact) mass is 286 g/mol. The zero-order valence-electron chi connectivity index (χ0n) is 10.8. The second-order valence-corrected chi connectivity index (χ2v) is 4.87. The van der Waals surface area contributed by atoms with Crippen LogP contribution in [-0.2, 0) is 0 Å². The maximum atomic E-state index is 12.8. The van der Waals surface area contributed by atoms with Gasteiger partial charge in [0.05, 0.1) is 0 Å². The molecule has 0 radical (unpaired) electrons. The molecule has 2 rings (SSSR count). The quantitative estimate of drug-likeness (QED) is 0.897. The summed E-state index contributed by atoms with van der Waals surface area (Å²) >= 11 is 0. The Kier molecular flexibility index (Phi) is 6.25. The normalized spacial score (nSPS) is 22.4. The van der Waals surface area contributed by atoms with Crippen LogP contribution in [0.25, 0.3) is 0 Å². The Balaban J connectivity index is 0.00000180. The molecule has 5 heteroatoms. The van der Waals surface area contributed by atoms with Crippen molar-refractivity contribution in [3.05, 3.63) is 35.6 Å². The maximum absolute atomic E-state index is 12.8. The van der Waals surface area contributed by atoms with Gasteiger partial charge in [0.15, 0.2) is 0 Å². The van der Waals surface area contributed by atoms with E-state index in [2.05, 4.69) is 5.32 Å². The van der Waals surface area contributed by atoms with E-state index in [0.29, 0.717) is 18.0 Å². The highest BCUT2D eigenvalue weighted by Gasteiger charge is 2.25. The van der Waals surface area contributed by atoms with Crippen molar-refractivity contribution in [2.45, 2.75) is 31.7 Å². The first-order valence-electron chi connectivity index (χ1n) is 6.47. The first-order valence-corrected chi connectivity index (χ1v) is 6.47. The molecule has 1 aliphatic rings. The average molecular weight is 287 g/mol. The highest BCUT2D eigenvalue weighted by Crippen LogP contribution is 2.23. The lowest BCUT2D eigenvalue weighted by Gasteiger charge is -2.31. The Morgan fingerprint density at radius 3 is 2.53 bits per heavy atom. The summed E-state index contributed by atoms with van der Waals surface area (Å²) in [5.41, 5.74) is 6.22. The molecule has 1 aromatic carbocycles. The lowest BCUT2D eigenvalue weighted by molar-refractivity contribution is 0.0908. The van der Waals surface area contributed by atoms with E-state index in [4.69, 9.17) is 5.73 Å². The molecule has 19 heavy (non-hydrogen) atoms. The molecule has 0 heterocycles. The van der Waals surface area contributed by atoms with Crippen LogP contribution >= 0.6 is 12.4 Å². The van der Waals surface area contributed by atoms with Crippen molar-refractivity contribution in [3.63, 3.8) is 0 Å². The Hall–Kier alpha value is -1.13. The average Bonchev–Trinajstić information content (AvgIpc) is 2.40. The number of hydrogen-bond donors (Lipinski definition) is 2. The summed E-state index contributed by atoms with van der Waals surface area (Å²) in [5, 5.41) is 3.01. The number of nitrogens with two attached hydrogens (primary N) is 1. The summed E-state index contributed by atoms with van der Waals surface area (Å²) in [4.78, 5) is 12.0. The molecular formula is C14H20ClFN2O. The van der Waals surface area contributed by atoms with Crippen molar-refractivity contribution in [1.29, 1.82) is 0 Å². The first-order chi connectivity index (χ1) is 8.70. The molecule has 1 aliphatic carbocycles. The zero-order chi connectivity index (χ0) is 13.0. The first kappa shape index (κ1) is 15.9. The lowest BCUT2D eigenvalue weighted by Crippen LogP contribution is -2.44. The van der Waals surface area contributed by atoms with Gasteiger partial charge in [0.1, 0.15) is 5.82 Å². The van der Waals surface area contributed by atoms with E-state index in [1.54, 1.807) is 0 Å². The van der Waals surface area contributed by atoms with Crippen LogP contribution in [0.2, 0.25) is 0 Å². The summed E-state index contributed by atoms with van der Waals surface area (Å²) < 4.78 is 12.8. The molecule has 1 saturated carbocycles. The van der Waals surface area contributed by atoms with E-state index in [1.165, 1.54) is 30.7 Å². The van der Waals surface area contributed by atoms with Crippen molar-refractivity contribution in [2.24, 2.45) is 11.7 Å². The number of carbonyl (C=O) groups is 1. The molecule has 0 aliphatic heterocycles. The lowest BCUT2D eigenvalue weighted by atomic mass is 9.84. The number of carbonyl (C=O) groups excluding carboxylic acids is 1. The highest BCUT2D eigenvalue weighted by atomic mass is 35.5. The van der Waals surface area contributed by atoms with Crippen LogP contribution in [0, 0.1) is 11.7 Å². The molecule has 0 spiro atoms. The van der Waals surface area contributed by atoms with Crippen LogP contribution in [-0.4, -0.2) is 18.5 Å².